The van der Waals surface area contributed by atoms with Crippen LogP contribution in [0.15, 0.2) is 91.2 Å². The van der Waals surface area contributed by atoms with Crippen molar-refractivity contribution in [2.45, 2.75) is 5.92 Å². The Morgan fingerprint density at radius 3 is 2.24 bits per heavy atom. The topological polar surface area (TPSA) is 3.24 Å². The van der Waals surface area contributed by atoms with Gasteiger partial charge in [-0.2, -0.15) is 0 Å². The van der Waals surface area contributed by atoms with Crippen LogP contribution in [-0.2, 0) is 0 Å². The lowest BCUT2D eigenvalue weighted by Crippen LogP contribution is -2.25. The minimum absolute atomic E-state index is 0.212. The molecule has 3 rings (SSSR count). The first-order chi connectivity index (χ1) is 10.3. The van der Waals surface area contributed by atoms with E-state index in [1.54, 1.807) is 0 Å². The smallest absolute Gasteiger partial charge is 0.0450 e. The molecule has 0 amide bonds. The summed E-state index contributed by atoms with van der Waals surface area (Å²) in [5.74, 6) is 0.212. The summed E-state index contributed by atoms with van der Waals surface area (Å²) in [6, 6.07) is 19.1. The lowest BCUT2D eigenvalue weighted by Gasteiger charge is -2.36. The van der Waals surface area contributed by atoms with Crippen molar-refractivity contribution in [3.63, 3.8) is 0 Å². The molecule has 1 nitrogen and oxygen atoms in total. The van der Waals surface area contributed by atoms with E-state index in [0.29, 0.717) is 0 Å². The molecule has 1 unspecified atom stereocenters. The van der Waals surface area contributed by atoms with Crippen LogP contribution in [0.1, 0.15) is 17.0 Å². The molecule has 0 N–H and O–H groups in total. The van der Waals surface area contributed by atoms with Crippen molar-refractivity contribution in [1.82, 2.24) is 0 Å². The fraction of sp³-hybridized carbons (Fsp3) is 0.100. The van der Waals surface area contributed by atoms with E-state index >= 15 is 0 Å². The van der Waals surface area contributed by atoms with Crippen molar-refractivity contribution < 1.29 is 0 Å². The number of hydrogen-bond donors (Lipinski definition) is 0. The van der Waals surface area contributed by atoms with Gasteiger partial charge in [-0.25, -0.2) is 0 Å². The summed E-state index contributed by atoms with van der Waals surface area (Å²) in [7, 11) is 2.08. The van der Waals surface area contributed by atoms with Gasteiger partial charge in [0, 0.05) is 24.4 Å². The number of hydrogen-bond acceptors (Lipinski definition) is 1. The van der Waals surface area contributed by atoms with E-state index in [4.69, 9.17) is 0 Å². The maximum absolute atomic E-state index is 4.03. The van der Waals surface area contributed by atoms with Crippen molar-refractivity contribution in [3.05, 3.63) is 102 Å². The Labute approximate surface area is 126 Å². The van der Waals surface area contributed by atoms with Crippen molar-refractivity contribution in [1.29, 1.82) is 0 Å². The largest absolute Gasteiger partial charge is 0.344 e. The molecule has 0 aromatic heterocycles. The fourth-order valence-corrected chi connectivity index (χ4v) is 3.16. The second-order valence-electron chi connectivity index (χ2n) is 5.21. The minimum Gasteiger partial charge on any atom is -0.344 e. The molecule has 1 heterocycles. The first-order valence-electron chi connectivity index (χ1n) is 7.14. The number of likely N-dealkylation sites (N-methyl/N-ethyl adjacent to an activating group) is 1. The molecule has 2 aromatic carbocycles. The van der Waals surface area contributed by atoms with Crippen molar-refractivity contribution in [2.75, 3.05) is 11.9 Å². The van der Waals surface area contributed by atoms with Crippen LogP contribution >= 0.6 is 0 Å². The highest BCUT2D eigenvalue weighted by Gasteiger charge is 2.29. The third-order valence-electron chi connectivity index (χ3n) is 4.12. The Kier molecular flexibility index (Phi) is 3.49. The third-order valence-corrected chi connectivity index (χ3v) is 4.12. The number of allylic oxidation sites excluding steroid dienone is 3. The maximum atomic E-state index is 4.03. The van der Waals surface area contributed by atoms with Crippen LogP contribution in [0.4, 0.5) is 5.69 Å². The van der Waals surface area contributed by atoms with Gasteiger partial charge < -0.3 is 4.90 Å². The molecule has 0 fully saturated rings. The van der Waals surface area contributed by atoms with Crippen molar-refractivity contribution in [2.24, 2.45) is 0 Å². The van der Waals surface area contributed by atoms with Gasteiger partial charge in [0.15, 0.2) is 0 Å². The van der Waals surface area contributed by atoms with Crippen molar-refractivity contribution in [3.8, 4) is 0 Å². The van der Waals surface area contributed by atoms with Crippen molar-refractivity contribution >= 4 is 5.69 Å². The van der Waals surface area contributed by atoms with E-state index in [1.807, 2.05) is 12.2 Å². The van der Waals surface area contributed by atoms with E-state index in [1.165, 1.54) is 22.4 Å². The van der Waals surface area contributed by atoms with Crippen LogP contribution in [0.25, 0.3) is 0 Å². The SMILES string of the molecule is C=CC1=C(C=C)N(C)c2ccccc2C1c1ccccc1. The van der Waals surface area contributed by atoms with Gasteiger partial charge in [-0.3, -0.25) is 0 Å². The Hall–Kier alpha value is -2.54. The second-order valence-corrected chi connectivity index (χ2v) is 5.21. The van der Waals surface area contributed by atoms with Crippen LogP contribution in [0.3, 0.4) is 0 Å². The number of rotatable bonds is 3. The fourth-order valence-electron chi connectivity index (χ4n) is 3.16. The monoisotopic (exact) mass is 273 g/mol. The predicted molar refractivity (Wildman–Crippen MR) is 90.6 cm³/mol. The van der Waals surface area contributed by atoms with Gasteiger partial charge in [0.1, 0.15) is 0 Å². The van der Waals surface area contributed by atoms with Crippen LogP contribution < -0.4 is 4.90 Å². The van der Waals surface area contributed by atoms with Gasteiger partial charge in [-0.05, 0) is 28.8 Å². The Morgan fingerprint density at radius 2 is 1.57 bits per heavy atom. The maximum Gasteiger partial charge on any atom is 0.0450 e. The van der Waals surface area contributed by atoms with E-state index in [9.17, 15) is 0 Å². The summed E-state index contributed by atoms with van der Waals surface area (Å²) >= 11 is 0. The molecule has 0 saturated carbocycles. The highest BCUT2D eigenvalue weighted by atomic mass is 15.1. The Morgan fingerprint density at radius 1 is 0.905 bits per heavy atom. The summed E-state index contributed by atoms with van der Waals surface area (Å²) in [4.78, 5) is 2.19. The molecule has 21 heavy (non-hydrogen) atoms. The molecule has 2 aromatic rings. The number of fused-ring (bicyclic) bond motifs is 1. The van der Waals surface area contributed by atoms with E-state index in [0.717, 1.165) is 5.70 Å². The molecule has 0 saturated heterocycles. The average molecular weight is 273 g/mol. The lowest BCUT2D eigenvalue weighted by molar-refractivity contribution is 0.898. The second kappa shape index (κ2) is 5.45. The van der Waals surface area contributed by atoms with Gasteiger partial charge >= 0.3 is 0 Å². The normalized spacial score (nSPS) is 17.4. The van der Waals surface area contributed by atoms with E-state index < -0.39 is 0 Å². The molecule has 0 radical (unpaired) electrons. The zero-order valence-electron chi connectivity index (χ0n) is 12.3. The van der Waals surface area contributed by atoms with E-state index in [2.05, 4.69) is 79.7 Å². The molecular weight excluding hydrogens is 254 g/mol. The highest BCUT2D eigenvalue weighted by molar-refractivity contribution is 5.70. The first-order valence-corrected chi connectivity index (χ1v) is 7.14. The summed E-state index contributed by atoms with van der Waals surface area (Å²) in [5.41, 5.74) is 6.15. The number of nitrogens with zero attached hydrogens (tertiary/aromatic N) is 1. The van der Waals surface area contributed by atoms with Crippen LogP contribution in [0.2, 0.25) is 0 Å². The molecule has 1 atom stereocenters. The summed E-state index contributed by atoms with van der Waals surface area (Å²) < 4.78 is 0. The van der Waals surface area contributed by atoms with Gasteiger partial charge in [0.25, 0.3) is 0 Å². The molecule has 104 valence electrons. The Balaban J connectivity index is 2.30. The van der Waals surface area contributed by atoms with Crippen LogP contribution in [-0.4, -0.2) is 7.05 Å². The number of para-hydroxylation sites is 1. The van der Waals surface area contributed by atoms with Crippen LogP contribution in [0, 0.1) is 0 Å². The quantitative estimate of drug-likeness (QED) is 0.769. The standard InChI is InChI=1S/C20H19N/c1-4-16-18(5-2)21(3)19-14-10-9-13-17(19)20(16)15-11-7-6-8-12-15/h4-14,20H,1-2H2,3H3. The zero-order valence-corrected chi connectivity index (χ0v) is 12.3. The highest BCUT2D eigenvalue weighted by Crippen LogP contribution is 2.44. The summed E-state index contributed by atoms with van der Waals surface area (Å²) in [5, 5.41) is 0. The number of benzene rings is 2. The minimum atomic E-state index is 0.212. The molecule has 0 bridgehead atoms. The lowest BCUT2D eigenvalue weighted by atomic mass is 9.80. The molecule has 0 spiro atoms. The van der Waals surface area contributed by atoms with Gasteiger partial charge in [0.05, 0.1) is 0 Å². The third kappa shape index (κ3) is 2.11. The number of anilines is 1. The van der Waals surface area contributed by atoms with E-state index in [-0.39, 0.29) is 5.92 Å². The first kappa shape index (κ1) is 13.4. The molecule has 1 aliphatic rings. The molecule has 1 heteroatoms. The zero-order chi connectivity index (χ0) is 14.8. The molecule has 1 aliphatic heterocycles. The van der Waals surface area contributed by atoms with Gasteiger partial charge in [-0.15, -0.1) is 0 Å². The Bertz CT molecular complexity index is 710. The van der Waals surface area contributed by atoms with Gasteiger partial charge in [0.2, 0.25) is 0 Å². The molecular formula is C20H19N. The predicted octanol–water partition coefficient (Wildman–Crippen LogP) is 4.89. The average Bonchev–Trinajstić information content (AvgIpc) is 2.55. The van der Waals surface area contributed by atoms with Gasteiger partial charge in [-0.1, -0.05) is 67.8 Å². The summed E-state index contributed by atoms with van der Waals surface area (Å²) in [6.07, 6.45) is 3.88. The molecule has 0 aliphatic carbocycles. The van der Waals surface area contributed by atoms with Crippen LogP contribution in [0.5, 0.6) is 0 Å². The summed E-state index contributed by atoms with van der Waals surface area (Å²) in [6.45, 7) is 8.02.